The van der Waals surface area contributed by atoms with Gasteiger partial charge in [0, 0.05) is 35.4 Å². The first kappa shape index (κ1) is 29.0. The number of benzene rings is 1. The summed E-state index contributed by atoms with van der Waals surface area (Å²) >= 11 is 0. The lowest BCUT2D eigenvalue weighted by molar-refractivity contribution is -0.148. The minimum absolute atomic E-state index is 0.0101. The molecule has 0 bridgehead atoms. The number of carbonyl (C=O) groups excluding carboxylic acids is 3. The summed E-state index contributed by atoms with van der Waals surface area (Å²) in [5.74, 6) is -6.59. The third-order valence-electron chi connectivity index (χ3n) is 9.58. The minimum atomic E-state index is -2.67. The Morgan fingerprint density at radius 1 is 1.14 bits per heavy atom. The molecule has 4 aliphatic rings. The summed E-state index contributed by atoms with van der Waals surface area (Å²) in [6.45, 7) is 2.15. The number of hydrogen-bond acceptors (Lipinski definition) is 10. The zero-order valence-corrected chi connectivity index (χ0v) is 24.2. The zero-order valence-electron chi connectivity index (χ0n) is 24.2. The van der Waals surface area contributed by atoms with Gasteiger partial charge in [0.2, 0.25) is 5.78 Å². The molecule has 2 heterocycles. The number of fused-ring (bicyclic) bond motifs is 3. The zero-order chi connectivity index (χ0) is 30.8. The van der Waals surface area contributed by atoms with Crippen LogP contribution in [0.3, 0.4) is 0 Å². The van der Waals surface area contributed by atoms with Crippen molar-refractivity contribution in [3.63, 3.8) is 0 Å². The van der Waals surface area contributed by atoms with Crippen LogP contribution in [0.4, 0.5) is 0 Å². The Labute approximate surface area is 248 Å². The molecule has 11 heteroatoms. The number of pyridine rings is 1. The Bertz CT molecular complexity index is 1590. The number of ketones is 2. The topological polar surface area (TPSA) is 178 Å². The highest BCUT2D eigenvalue weighted by molar-refractivity contribution is 6.25. The number of aliphatic hydroxyl groups is 3. The number of nitrogens with two attached hydrogens (primary N) is 1. The summed E-state index contributed by atoms with van der Waals surface area (Å²) < 4.78 is 0. The van der Waals surface area contributed by atoms with Gasteiger partial charge in [-0.25, -0.2) is 0 Å². The molecule has 0 spiro atoms. The number of allylic oxidation sites excluding steroid dienone is 1. The van der Waals surface area contributed by atoms with E-state index in [4.69, 9.17) is 5.73 Å². The number of phenols is 1. The van der Waals surface area contributed by atoms with E-state index in [2.05, 4.69) is 9.88 Å². The van der Waals surface area contributed by atoms with Crippen LogP contribution in [0.5, 0.6) is 5.75 Å². The molecule has 1 aliphatic heterocycles. The Kier molecular flexibility index (Phi) is 7.15. The molecule has 6 rings (SSSR count). The van der Waals surface area contributed by atoms with Crippen molar-refractivity contribution in [2.75, 3.05) is 27.2 Å². The van der Waals surface area contributed by atoms with E-state index in [1.165, 1.54) is 4.90 Å². The van der Waals surface area contributed by atoms with E-state index >= 15 is 0 Å². The number of likely N-dealkylation sites (tertiary alicyclic amines) is 1. The van der Waals surface area contributed by atoms with E-state index in [-0.39, 0.29) is 29.7 Å². The molecule has 1 amide bonds. The molecule has 226 valence electrons. The maximum atomic E-state index is 14.3. The van der Waals surface area contributed by atoms with Gasteiger partial charge in [-0.2, -0.15) is 0 Å². The molecule has 6 N–H and O–H groups in total. The molecular formula is C32H36N4O7. The van der Waals surface area contributed by atoms with Gasteiger partial charge in [-0.3, -0.25) is 29.2 Å². The van der Waals surface area contributed by atoms with Crippen molar-refractivity contribution in [3.05, 3.63) is 69.8 Å². The highest BCUT2D eigenvalue weighted by Gasteiger charge is 2.63. The molecule has 2 aromatic rings. The standard InChI is InChI=1S/C32H36N4O7/c1-35(2)25-20-14-16-12-19-18(21-8-4-5-9-34-21)13-17(15-36-10-6-3-7-11-36)26(37)23(19)27(38)22(16)29(40)32(20,43)30(41)24(28(25)39)31(33)42/h4-5,8-9,13,16,20,25,37,39-40,43H,3,6-7,10-12,14-15H2,1-2H3,(H2,33,42). The summed E-state index contributed by atoms with van der Waals surface area (Å²) in [4.78, 5) is 48.4. The number of aliphatic hydroxyl groups excluding tert-OH is 2. The average Bonchev–Trinajstić information content (AvgIpc) is 2.97. The molecule has 1 saturated heterocycles. The van der Waals surface area contributed by atoms with Crippen molar-refractivity contribution in [3.8, 4) is 17.0 Å². The fourth-order valence-corrected chi connectivity index (χ4v) is 7.60. The van der Waals surface area contributed by atoms with E-state index < -0.39 is 58.0 Å². The SMILES string of the molecule is CN(C)C1C(O)=C(C(N)=O)C(=O)C2(O)C(O)=C3C(=O)c4c(O)c(CN5CCCCC5)cc(-c5ccccn5)c4CC3CC12. The van der Waals surface area contributed by atoms with Crippen LogP contribution in [0, 0.1) is 11.8 Å². The van der Waals surface area contributed by atoms with E-state index in [0.717, 1.165) is 32.4 Å². The first-order valence-electron chi connectivity index (χ1n) is 14.6. The molecule has 4 atom stereocenters. The second-order valence-electron chi connectivity index (χ2n) is 12.3. The number of likely N-dealkylation sites (N-methyl/N-ethyl adjacent to an activating group) is 1. The quantitative estimate of drug-likeness (QED) is 0.325. The lowest BCUT2D eigenvalue weighted by Crippen LogP contribution is -2.63. The maximum Gasteiger partial charge on any atom is 0.255 e. The van der Waals surface area contributed by atoms with Crippen molar-refractivity contribution in [2.24, 2.45) is 17.6 Å². The van der Waals surface area contributed by atoms with Crippen molar-refractivity contribution < 1.29 is 34.8 Å². The van der Waals surface area contributed by atoms with E-state index in [1.54, 1.807) is 26.4 Å². The fraction of sp³-hybridized carbons (Fsp3) is 0.438. The van der Waals surface area contributed by atoms with Gasteiger partial charge in [-0.05, 0) is 82.5 Å². The first-order chi connectivity index (χ1) is 20.5. The number of Topliss-reactive ketones (excluding diaryl/α,β-unsaturated/α-hetero) is 2. The number of rotatable bonds is 5. The summed E-state index contributed by atoms with van der Waals surface area (Å²) in [5.41, 5.74) is 4.21. The number of primary amides is 1. The number of nitrogens with zero attached hydrogens (tertiary/aromatic N) is 3. The number of aromatic hydroxyl groups is 1. The maximum absolute atomic E-state index is 14.3. The van der Waals surface area contributed by atoms with Crippen LogP contribution in [-0.2, 0) is 22.6 Å². The average molecular weight is 589 g/mol. The molecule has 4 unspecified atom stereocenters. The van der Waals surface area contributed by atoms with Gasteiger partial charge in [0.25, 0.3) is 5.91 Å². The van der Waals surface area contributed by atoms with Gasteiger partial charge in [-0.1, -0.05) is 12.5 Å². The summed E-state index contributed by atoms with van der Waals surface area (Å²) in [6, 6.07) is 6.31. The molecular weight excluding hydrogens is 552 g/mol. The van der Waals surface area contributed by atoms with Crippen molar-refractivity contribution in [1.29, 1.82) is 0 Å². The van der Waals surface area contributed by atoms with E-state index in [1.807, 2.05) is 18.2 Å². The van der Waals surface area contributed by atoms with Crippen LogP contribution >= 0.6 is 0 Å². The number of hydrogen-bond donors (Lipinski definition) is 5. The van der Waals surface area contributed by atoms with E-state index in [9.17, 15) is 34.8 Å². The van der Waals surface area contributed by atoms with Gasteiger partial charge in [0.15, 0.2) is 11.4 Å². The second kappa shape index (κ2) is 10.6. The molecule has 0 radical (unpaired) electrons. The Morgan fingerprint density at radius 2 is 1.86 bits per heavy atom. The van der Waals surface area contributed by atoms with Gasteiger partial charge < -0.3 is 26.2 Å². The third-order valence-corrected chi connectivity index (χ3v) is 9.58. The molecule has 3 aliphatic carbocycles. The molecule has 1 aromatic heterocycles. The Morgan fingerprint density at radius 3 is 2.49 bits per heavy atom. The largest absolute Gasteiger partial charge is 0.510 e. The first-order valence-corrected chi connectivity index (χ1v) is 14.6. The smallest absolute Gasteiger partial charge is 0.255 e. The van der Waals surface area contributed by atoms with Gasteiger partial charge in [0.05, 0.1) is 17.3 Å². The van der Waals surface area contributed by atoms with Gasteiger partial charge in [-0.15, -0.1) is 0 Å². The Hall–Kier alpha value is -4.06. The molecule has 0 saturated carbocycles. The highest BCUT2D eigenvalue weighted by Crippen LogP contribution is 2.53. The van der Waals surface area contributed by atoms with Crippen molar-refractivity contribution in [2.45, 2.75) is 50.3 Å². The van der Waals surface area contributed by atoms with Crippen LogP contribution < -0.4 is 5.73 Å². The molecule has 1 fully saturated rings. The highest BCUT2D eigenvalue weighted by atomic mass is 16.3. The lowest BCUT2D eigenvalue weighted by atomic mass is 9.58. The van der Waals surface area contributed by atoms with Gasteiger partial charge >= 0.3 is 0 Å². The summed E-state index contributed by atoms with van der Waals surface area (Å²) in [6.07, 6.45) is 5.11. The number of phenolic OH excluding ortho intramolecular Hbond substituents is 1. The van der Waals surface area contributed by atoms with Crippen LogP contribution in [0.2, 0.25) is 0 Å². The normalized spacial score (nSPS) is 27.7. The number of carbonyl (C=O) groups is 3. The van der Waals surface area contributed by atoms with Gasteiger partial charge in [0.1, 0.15) is 22.8 Å². The summed E-state index contributed by atoms with van der Waals surface area (Å²) in [7, 11) is 3.21. The van der Waals surface area contributed by atoms with E-state index in [0.29, 0.717) is 28.9 Å². The molecule has 1 aromatic carbocycles. The summed E-state index contributed by atoms with van der Waals surface area (Å²) in [5, 5.41) is 46.1. The third kappa shape index (κ3) is 4.37. The number of aromatic nitrogens is 1. The Balaban J connectivity index is 1.54. The van der Waals surface area contributed by atoms with Crippen LogP contribution in [-0.4, -0.2) is 91.5 Å². The lowest BCUT2D eigenvalue weighted by Gasteiger charge is -2.50. The van der Waals surface area contributed by atoms with Crippen LogP contribution in [0.1, 0.15) is 47.2 Å². The molecule has 43 heavy (non-hydrogen) atoms. The predicted octanol–water partition coefficient (Wildman–Crippen LogP) is 2.17. The minimum Gasteiger partial charge on any atom is -0.510 e. The van der Waals surface area contributed by atoms with Crippen molar-refractivity contribution >= 4 is 17.5 Å². The van der Waals surface area contributed by atoms with Crippen LogP contribution in [0.25, 0.3) is 11.3 Å². The predicted molar refractivity (Wildman–Crippen MR) is 156 cm³/mol. The van der Waals surface area contributed by atoms with Crippen LogP contribution in [0.15, 0.2) is 53.1 Å². The monoisotopic (exact) mass is 588 g/mol. The fourth-order valence-electron chi connectivity index (χ4n) is 7.60. The van der Waals surface area contributed by atoms with Crippen molar-refractivity contribution in [1.82, 2.24) is 14.8 Å². The molecule has 11 nitrogen and oxygen atoms in total. The second-order valence-corrected chi connectivity index (χ2v) is 12.3. The number of amides is 1. The number of piperidine rings is 1.